The minimum Gasteiger partial charge on any atom is -0.493 e. The topological polar surface area (TPSA) is 39.7 Å². The van der Waals surface area contributed by atoms with Crippen molar-refractivity contribution in [3.8, 4) is 11.5 Å². The van der Waals surface area contributed by atoms with Crippen molar-refractivity contribution in [3.05, 3.63) is 22.7 Å². The van der Waals surface area contributed by atoms with Crippen LogP contribution in [-0.2, 0) is 11.3 Å². The molecule has 0 aliphatic heterocycles. The average Bonchev–Trinajstić information content (AvgIpc) is 2.34. The molecular weight excluding hydrogens is 242 g/mol. The van der Waals surface area contributed by atoms with Crippen molar-refractivity contribution in [2.24, 2.45) is 0 Å². The van der Waals surface area contributed by atoms with E-state index in [9.17, 15) is 0 Å². The summed E-state index contributed by atoms with van der Waals surface area (Å²) < 4.78 is 15.3. The van der Waals surface area contributed by atoms with Crippen LogP contribution in [-0.4, -0.2) is 34.5 Å². The molecule has 0 aromatic heterocycles. The first kappa shape index (κ1) is 14.1. The van der Waals surface area contributed by atoms with Crippen LogP contribution in [0.15, 0.2) is 12.1 Å². The second-order valence-corrected chi connectivity index (χ2v) is 3.89. The lowest BCUT2D eigenvalue weighted by molar-refractivity contribution is 0.199. The highest BCUT2D eigenvalue weighted by molar-refractivity contribution is 6.32. The Bertz CT molecular complexity index is 358. The number of nitrogens with one attached hydrogen (secondary N) is 1. The van der Waals surface area contributed by atoms with Gasteiger partial charge in [0.15, 0.2) is 11.5 Å². The van der Waals surface area contributed by atoms with E-state index in [4.69, 9.17) is 25.8 Å². The summed E-state index contributed by atoms with van der Waals surface area (Å²) in [6.45, 7) is 2.19. The van der Waals surface area contributed by atoms with Gasteiger partial charge in [-0.2, -0.15) is 0 Å². The Morgan fingerprint density at radius 1 is 1.18 bits per heavy atom. The molecule has 0 fully saturated rings. The molecule has 0 radical (unpaired) electrons. The SMILES string of the molecule is COCCNCc1cc(Cl)c(OC)c(OC)c1. The molecule has 0 heterocycles. The fraction of sp³-hybridized carbons (Fsp3) is 0.500. The minimum atomic E-state index is 0.551. The first-order valence-electron chi connectivity index (χ1n) is 5.33. The second kappa shape index (κ2) is 7.37. The van der Waals surface area contributed by atoms with Crippen molar-refractivity contribution in [1.29, 1.82) is 0 Å². The number of hydrogen-bond acceptors (Lipinski definition) is 4. The molecule has 0 bridgehead atoms. The monoisotopic (exact) mass is 259 g/mol. The second-order valence-electron chi connectivity index (χ2n) is 3.48. The lowest BCUT2D eigenvalue weighted by Crippen LogP contribution is -2.18. The molecule has 17 heavy (non-hydrogen) atoms. The van der Waals surface area contributed by atoms with Crippen LogP contribution in [0.4, 0.5) is 0 Å². The third-order valence-corrected chi connectivity index (χ3v) is 2.59. The van der Waals surface area contributed by atoms with Gasteiger partial charge in [-0.25, -0.2) is 0 Å². The van der Waals surface area contributed by atoms with Crippen LogP contribution >= 0.6 is 11.6 Å². The van der Waals surface area contributed by atoms with Crippen LogP contribution in [0.25, 0.3) is 0 Å². The van der Waals surface area contributed by atoms with E-state index in [1.165, 1.54) is 0 Å². The third-order valence-electron chi connectivity index (χ3n) is 2.31. The van der Waals surface area contributed by atoms with Crippen LogP contribution in [0, 0.1) is 0 Å². The lowest BCUT2D eigenvalue weighted by Gasteiger charge is -2.12. The van der Waals surface area contributed by atoms with Crippen LogP contribution in [0.5, 0.6) is 11.5 Å². The molecule has 0 saturated carbocycles. The lowest BCUT2D eigenvalue weighted by atomic mass is 10.2. The number of ether oxygens (including phenoxy) is 3. The van der Waals surface area contributed by atoms with Gasteiger partial charge >= 0.3 is 0 Å². The number of benzene rings is 1. The maximum Gasteiger partial charge on any atom is 0.179 e. The van der Waals surface area contributed by atoms with Gasteiger partial charge in [0.25, 0.3) is 0 Å². The van der Waals surface area contributed by atoms with Crippen LogP contribution in [0.2, 0.25) is 5.02 Å². The van der Waals surface area contributed by atoms with Gasteiger partial charge < -0.3 is 19.5 Å². The molecule has 96 valence electrons. The van der Waals surface area contributed by atoms with E-state index >= 15 is 0 Å². The molecule has 1 aromatic carbocycles. The summed E-state index contributed by atoms with van der Waals surface area (Å²) in [6.07, 6.45) is 0. The van der Waals surface area contributed by atoms with Crippen molar-refractivity contribution >= 4 is 11.6 Å². The van der Waals surface area contributed by atoms with Crippen LogP contribution in [0.1, 0.15) is 5.56 Å². The molecule has 4 nitrogen and oxygen atoms in total. The Balaban J connectivity index is 2.70. The summed E-state index contributed by atoms with van der Waals surface area (Å²) in [5.41, 5.74) is 1.05. The number of hydrogen-bond donors (Lipinski definition) is 1. The first-order valence-corrected chi connectivity index (χ1v) is 5.70. The Morgan fingerprint density at radius 3 is 2.53 bits per heavy atom. The van der Waals surface area contributed by atoms with Gasteiger partial charge in [-0.05, 0) is 17.7 Å². The smallest absolute Gasteiger partial charge is 0.179 e. The van der Waals surface area contributed by atoms with E-state index < -0.39 is 0 Å². The molecule has 1 aromatic rings. The molecule has 1 N–H and O–H groups in total. The fourth-order valence-corrected chi connectivity index (χ4v) is 1.79. The van der Waals surface area contributed by atoms with Crippen molar-refractivity contribution < 1.29 is 14.2 Å². The fourth-order valence-electron chi connectivity index (χ4n) is 1.48. The molecule has 0 spiro atoms. The molecular formula is C12H18ClNO3. The third kappa shape index (κ3) is 4.07. The van der Waals surface area contributed by atoms with Crippen molar-refractivity contribution in [2.45, 2.75) is 6.54 Å². The van der Waals surface area contributed by atoms with E-state index in [1.807, 2.05) is 12.1 Å². The van der Waals surface area contributed by atoms with Crippen LogP contribution in [0.3, 0.4) is 0 Å². The minimum absolute atomic E-state index is 0.551. The van der Waals surface area contributed by atoms with Gasteiger partial charge in [-0.15, -0.1) is 0 Å². The van der Waals surface area contributed by atoms with Crippen LogP contribution < -0.4 is 14.8 Å². The summed E-state index contributed by atoms with van der Waals surface area (Å²) in [5, 5.41) is 3.79. The zero-order chi connectivity index (χ0) is 12.7. The van der Waals surface area contributed by atoms with Gasteiger partial charge in [0.05, 0.1) is 25.8 Å². The van der Waals surface area contributed by atoms with Gasteiger partial charge in [0.2, 0.25) is 0 Å². The van der Waals surface area contributed by atoms with E-state index in [0.29, 0.717) is 29.7 Å². The van der Waals surface area contributed by atoms with Gasteiger partial charge in [-0.3, -0.25) is 0 Å². The largest absolute Gasteiger partial charge is 0.493 e. The van der Waals surface area contributed by atoms with E-state index in [2.05, 4.69) is 5.32 Å². The van der Waals surface area contributed by atoms with Gasteiger partial charge in [0.1, 0.15) is 0 Å². The summed E-state index contributed by atoms with van der Waals surface area (Å²) >= 11 is 6.10. The summed E-state index contributed by atoms with van der Waals surface area (Å²) in [6, 6.07) is 3.77. The van der Waals surface area contributed by atoms with E-state index in [-0.39, 0.29) is 0 Å². The molecule has 0 atom stereocenters. The predicted molar refractivity (Wildman–Crippen MR) is 68.1 cm³/mol. The molecule has 0 saturated heterocycles. The summed E-state index contributed by atoms with van der Waals surface area (Å²) in [7, 11) is 4.84. The maximum absolute atomic E-state index is 6.10. The normalized spacial score (nSPS) is 10.4. The van der Waals surface area contributed by atoms with Crippen molar-refractivity contribution in [2.75, 3.05) is 34.5 Å². The maximum atomic E-state index is 6.10. The van der Waals surface area contributed by atoms with Crippen molar-refractivity contribution in [3.63, 3.8) is 0 Å². The molecule has 1 rings (SSSR count). The Morgan fingerprint density at radius 2 is 1.94 bits per heavy atom. The highest BCUT2D eigenvalue weighted by Gasteiger charge is 2.10. The predicted octanol–water partition coefficient (Wildman–Crippen LogP) is 2.09. The number of rotatable bonds is 7. The first-order chi connectivity index (χ1) is 8.22. The standard InChI is InChI=1S/C12H18ClNO3/c1-15-5-4-14-8-9-6-10(13)12(17-3)11(7-9)16-2/h6-7,14H,4-5,8H2,1-3H3. The summed E-state index contributed by atoms with van der Waals surface area (Å²) in [4.78, 5) is 0. The van der Waals surface area contributed by atoms with E-state index in [0.717, 1.165) is 12.1 Å². The quantitative estimate of drug-likeness (QED) is 0.762. The molecule has 5 heteroatoms. The van der Waals surface area contributed by atoms with Gasteiger partial charge in [-0.1, -0.05) is 11.6 Å². The summed E-state index contributed by atoms with van der Waals surface area (Å²) in [5.74, 6) is 1.21. The Kier molecular flexibility index (Phi) is 6.11. The van der Waals surface area contributed by atoms with Gasteiger partial charge in [0, 0.05) is 20.2 Å². The number of methoxy groups -OCH3 is 3. The molecule has 0 aliphatic carbocycles. The van der Waals surface area contributed by atoms with E-state index in [1.54, 1.807) is 21.3 Å². The molecule has 0 aliphatic rings. The Labute approximate surface area is 107 Å². The highest BCUT2D eigenvalue weighted by Crippen LogP contribution is 2.35. The zero-order valence-corrected chi connectivity index (χ0v) is 11.1. The Hall–Kier alpha value is -0.970. The highest BCUT2D eigenvalue weighted by atomic mass is 35.5. The molecule has 0 amide bonds. The number of halogens is 1. The average molecular weight is 260 g/mol. The van der Waals surface area contributed by atoms with Crippen molar-refractivity contribution in [1.82, 2.24) is 5.32 Å². The molecule has 0 unspecified atom stereocenters. The zero-order valence-electron chi connectivity index (χ0n) is 10.4.